The molecule has 0 saturated carbocycles. The van der Waals surface area contributed by atoms with Crippen LogP contribution in [0, 0.1) is 17.2 Å². The SMILES string of the molecule is CCCCC(CC)COC(=O)/C(C#N)=C/c1ccccc1-c1ccccc1. The molecule has 0 bridgehead atoms. The molecule has 140 valence electrons. The van der Waals surface area contributed by atoms with E-state index in [2.05, 4.69) is 13.8 Å². The fourth-order valence-corrected chi connectivity index (χ4v) is 2.97. The molecule has 0 fully saturated rings. The summed E-state index contributed by atoms with van der Waals surface area (Å²) in [7, 11) is 0. The minimum atomic E-state index is -0.546. The van der Waals surface area contributed by atoms with Crippen LogP contribution in [0.2, 0.25) is 0 Å². The average Bonchev–Trinajstić information content (AvgIpc) is 2.73. The topological polar surface area (TPSA) is 50.1 Å². The van der Waals surface area contributed by atoms with Crippen LogP contribution in [0.25, 0.3) is 17.2 Å². The molecule has 0 N–H and O–H groups in total. The molecule has 27 heavy (non-hydrogen) atoms. The van der Waals surface area contributed by atoms with Gasteiger partial charge in [0.25, 0.3) is 0 Å². The first-order valence-electron chi connectivity index (χ1n) is 9.62. The highest BCUT2D eigenvalue weighted by Gasteiger charge is 2.15. The summed E-state index contributed by atoms with van der Waals surface area (Å²) in [5, 5.41) is 9.46. The number of benzene rings is 2. The van der Waals surface area contributed by atoms with Crippen LogP contribution in [-0.2, 0) is 9.53 Å². The Morgan fingerprint density at radius 3 is 2.48 bits per heavy atom. The zero-order chi connectivity index (χ0) is 19.5. The average molecular weight is 361 g/mol. The van der Waals surface area contributed by atoms with Crippen LogP contribution in [-0.4, -0.2) is 12.6 Å². The molecule has 0 aliphatic heterocycles. The van der Waals surface area contributed by atoms with Crippen LogP contribution in [0.5, 0.6) is 0 Å². The van der Waals surface area contributed by atoms with Gasteiger partial charge in [0.1, 0.15) is 11.6 Å². The Hall–Kier alpha value is -2.86. The lowest BCUT2D eigenvalue weighted by Gasteiger charge is -2.14. The molecule has 0 heterocycles. The predicted octanol–water partition coefficient (Wildman–Crippen LogP) is 6.02. The van der Waals surface area contributed by atoms with Crippen molar-refractivity contribution in [2.45, 2.75) is 39.5 Å². The first-order valence-corrected chi connectivity index (χ1v) is 9.62. The van der Waals surface area contributed by atoms with E-state index in [4.69, 9.17) is 4.74 Å². The number of nitrogens with zero attached hydrogens (tertiary/aromatic N) is 1. The van der Waals surface area contributed by atoms with Crippen molar-refractivity contribution in [3.05, 3.63) is 65.7 Å². The first kappa shape index (κ1) is 20.5. The highest BCUT2D eigenvalue weighted by molar-refractivity contribution is 5.99. The molecule has 2 rings (SSSR count). The fourth-order valence-electron chi connectivity index (χ4n) is 2.97. The summed E-state index contributed by atoms with van der Waals surface area (Å²) in [6.45, 7) is 4.62. The van der Waals surface area contributed by atoms with Crippen LogP contribution in [0.3, 0.4) is 0 Å². The zero-order valence-corrected chi connectivity index (χ0v) is 16.2. The number of nitriles is 1. The van der Waals surface area contributed by atoms with Crippen molar-refractivity contribution in [3.8, 4) is 17.2 Å². The minimum absolute atomic E-state index is 0.0312. The monoisotopic (exact) mass is 361 g/mol. The van der Waals surface area contributed by atoms with Gasteiger partial charge in [-0.2, -0.15) is 5.26 Å². The summed E-state index contributed by atoms with van der Waals surface area (Å²) < 4.78 is 5.43. The lowest BCUT2D eigenvalue weighted by atomic mass is 9.98. The maximum Gasteiger partial charge on any atom is 0.348 e. The van der Waals surface area contributed by atoms with Crippen LogP contribution in [0.1, 0.15) is 45.1 Å². The van der Waals surface area contributed by atoms with Crippen LogP contribution in [0.4, 0.5) is 0 Å². The molecular formula is C24H27NO2. The molecular weight excluding hydrogens is 334 g/mol. The third-order valence-corrected chi connectivity index (χ3v) is 4.68. The molecule has 3 heteroatoms. The van der Waals surface area contributed by atoms with E-state index in [1.807, 2.05) is 60.7 Å². The van der Waals surface area contributed by atoms with Gasteiger partial charge in [0.15, 0.2) is 0 Å². The van der Waals surface area contributed by atoms with Gasteiger partial charge in [-0.3, -0.25) is 0 Å². The Morgan fingerprint density at radius 2 is 1.81 bits per heavy atom. The van der Waals surface area contributed by atoms with Gasteiger partial charge in [-0.1, -0.05) is 87.7 Å². The third-order valence-electron chi connectivity index (χ3n) is 4.68. The zero-order valence-electron chi connectivity index (χ0n) is 16.2. The molecule has 3 nitrogen and oxygen atoms in total. The summed E-state index contributed by atoms with van der Waals surface area (Å²) in [6, 6.07) is 19.7. The Morgan fingerprint density at radius 1 is 1.11 bits per heavy atom. The molecule has 0 radical (unpaired) electrons. The summed E-state index contributed by atoms with van der Waals surface area (Å²) in [4.78, 5) is 12.4. The maximum absolute atomic E-state index is 12.4. The van der Waals surface area contributed by atoms with Crippen LogP contribution in [0.15, 0.2) is 60.2 Å². The minimum Gasteiger partial charge on any atom is -0.461 e. The number of ether oxygens (including phenoxy) is 1. The van der Waals surface area contributed by atoms with Gasteiger partial charge in [0, 0.05) is 0 Å². The molecule has 0 spiro atoms. The molecule has 2 aromatic rings. The van der Waals surface area contributed by atoms with Crippen molar-refractivity contribution >= 4 is 12.0 Å². The third kappa shape index (κ3) is 6.11. The fraction of sp³-hybridized carbons (Fsp3) is 0.333. The number of hydrogen-bond acceptors (Lipinski definition) is 3. The van der Waals surface area contributed by atoms with Gasteiger partial charge in [-0.05, 0) is 35.1 Å². The second-order valence-corrected chi connectivity index (χ2v) is 6.64. The molecule has 0 aliphatic carbocycles. The number of esters is 1. The molecule has 0 saturated heterocycles. The number of rotatable bonds is 9. The van der Waals surface area contributed by atoms with Crippen molar-refractivity contribution in [1.82, 2.24) is 0 Å². The van der Waals surface area contributed by atoms with Gasteiger partial charge in [0.05, 0.1) is 6.61 Å². The first-order chi connectivity index (χ1) is 13.2. The van der Waals surface area contributed by atoms with Gasteiger partial charge in [0.2, 0.25) is 0 Å². The molecule has 0 aromatic heterocycles. The van der Waals surface area contributed by atoms with E-state index >= 15 is 0 Å². The number of hydrogen-bond donors (Lipinski definition) is 0. The van der Waals surface area contributed by atoms with E-state index in [1.165, 1.54) is 0 Å². The van der Waals surface area contributed by atoms with E-state index < -0.39 is 5.97 Å². The van der Waals surface area contributed by atoms with Gasteiger partial charge < -0.3 is 4.74 Å². The summed E-state index contributed by atoms with van der Waals surface area (Å²) in [6.07, 6.45) is 5.89. The number of carbonyl (C=O) groups is 1. The van der Waals surface area contributed by atoms with Crippen LogP contribution >= 0.6 is 0 Å². The lowest BCUT2D eigenvalue weighted by Crippen LogP contribution is -2.15. The second kappa shape index (κ2) is 11.0. The van der Waals surface area contributed by atoms with Gasteiger partial charge >= 0.3 is 5.97 Å². The number of carbonyl (C=O) groups excluding carboxylic acids is 1. The Kier molecular flexibility index (Phi) is 8.32. The van der Waals surface area contributed by atoms with Crippen LogP contribution < -0.4 is 0 Å². The Labute approximate surface area is 162 Å². The smallest absolute Gasteiger partial charge is 0.348 e. The van der Waals surface area contributed by atoms with Crippen molar-refractivity contribution < 1.29 is 9.53 Å². The molecule has 0 amide bonds. The summed E-state index contributed by atoms with van der Waals surface area (Å²) in [5.41, 5.74) is 2.88. The standard InChI is InChI=1S/C24H27NO2/c1-3-5-11-19(4-2)18-27-24(26)22(17-25)16-21-14-9-10-15-23(21)20-12-7-6-8-13-20/h6-10,12-16,19H,3-5,11,18H2,1-2H3/b22-16+. The maximum atomic E-state index is 12.4. The van der Waals surface area contributed by atoms with E-state index in [1.54, 1.807) is 6.08 Å². The predicted molar refractivity (Wildman–Crippen MR) is 110 cm³/mol. The van der Waals surface area contributed by atoms with Crippen molar-refractivity contribution in [2.24, 2.45) is 5.92 Å². The summed E-state index contributed by atoms with van der Waals surface area (Å²) in [5.74, 6) is -0.194. The molecule has 1 unspecified atom stereocenters. The van der Waals surface area contributed by atoms with E-state index in [0.29, 0.717) is 12.5 Å². The molecule has 1 atom stereocenters. The normalized spacial score (nSPS) is 12.3. The summed E-state index contributed by atoms with van der Waals surface area (Å²) >= 11 is 0. The molecule has 0 aliphatic rings. The quantitative estimate of drug-likeness (QED) is 0.312. The van der Waals surface area contributed by atoms with Crippen molar-refractivity contribution in [1.29, 1.82) is 5.26 Å². The Bertz CT molecular complexity index is 803. The largest absolute Gasteiger partial charge is 0.461 e. The highest BCUT2D eigenvalue weighted by Crippen LogP contribution is 2.25. The van der Waals surface area contributed by atoms with E-state index in [0.717, 1.165) is 42.4 Å². The van der Waals surface area contributed by atoms with E-state index in [9.17, 15) is 10.1 Å². The van der Waals surface area contributed by atoms with Crippen molar-refractivity contribution in [2.75, 3.05) is 6.61 Å². The van der Waals surface area contributed by atoms with E-state index in [-0.39, 0.29) is 5.57 Å². The lowest BCUT2D eigenvalue weighted by molar-refractivity contribution is -0.139. The number of unbranched alkanes of at least 4 members (excludes halogenated alkanes) is 1. The van der Waals surface area contributed by atoms with Gasteiger partial charge in [-0.15, -0.1) is 0 Å². The van der Waals surface area contributed by atoms with Crippen molar-refractivity contribution in [3.63, 3.8) is 0 Å². The highest BCUT2D eigenvalue weighted by atomic mass is 16.5. The Balaban J connectivity index is 2.17. The second-order valence-electron chi connectivity index (χ2n) is 6.64. The molecule has 2 aromatic carbocycles. The van der Waals surface area contributed by atoms with Gasteiger partial charge in [-0.25, -0.2) is 4.79 Å².